The van der Waals surface area contributed by atoms with E-state index < -0.39 is 115 Å². The molecule has 0 radical (unpaired) electrons. The summed E-state index contributed by atoms with van der Waals surface area (Å²) in [5.74, 6) is -13.2. The molecule has 0 saturated heterocycles. The van der Waals surface area contributed by atoms with Crippen molar-refractivity contribution in [2.45, 2.75) is 31.3 Å². The van der Waals surface area contributed by atoms with Crippen LogP contribution in [0, 0.1) is 0 Å². The van der Waals surface area contributed by atoms with Crippen LogP contribution in [0.1, 0.15) is 12.5 Å². The van der Waals surface area contributed by atoms with Crippen LogP contribution < -0.4 is 23.7 Å². The van der Waals surface area contributed by atoms with E-state index in [1.807, 2.05) is 0 Å². The Kier molecular flexibility index (Phi) is 15.1. The molecule has 1 aromatic carbocycles. The molecule has 0 heterocycles. The van der Waals surface area contributed by atoms with Crippen molar-refractivity contribution in [1.82, 2.24) is 0 Å². The molecular weight excluding hydrogens is 592 g/mol. The van der Waals surface area contributed by atoms with E-state index in [1.165, 1.54) is 6.92 Å². The van der Waals surface area contributed by atoms with Crippen molar-refractivity contribution in [2.24, 2.45) is 0 Å². The summed E-state index contributed by atoms with van der Waals surface area (Å²) in [5, 5.41) is 75.7. The van der Waals surface area contributed by atoms with Gasteiger partial charge in [0.05, 0.1) is 45.7 Å². The second-order valence-electron chi connectivity index (χ2n) is 7.83. The number of hydrogen-bond acceptors (Lipinski definition) is 19. The highest BCUT2D eigenvalue weighted by atomic mass is 16.6. The van der Waals surface area contributed by atoms with Crippen molar-refractivity contribution < 1.29 is 93.2 Å². The zero-order valence-corrected chi connectivity index (χ0v) is 22.6. The van der Waals surface area contributed by atoms with E-state index in [-0.39, 0.29) is 6.61 Å². The average Bonchev–Trinajstić information content (AvgIpc) is 3.00. The van der Waals surface area contributed by atoms with E-state index in [9.17, 15) is 49.5 Å². The molecule has 0 amide bonds. The first-order valence-corrected chi connectivity index (χ1v) is 12.0. The van der Waals surface area contributed by atoms with Crippen LogP contribution in [-0.4, -0.2) is 135 Å². The van der Waals surface area contributed by atoms with Crippen LogP contribution in [-0.2, 0) is 28.7 Å². The number of methoxy groups -OCH3 is 1. The van der Waals surface area contributed by atoms with Crippen LogP contribution in [0.3, 0.4) is 0 Å². The number of carbonyl (C=O) groups is 5. The number of aliphatic hydroxyl groups is 8. The van der Waals surface area contributed by atoms with E-state index in [0.717, 1.165) is 7.11 Å². The number of benzene rings is 1. The molecule has 19 heteroatoms. The molecule has 0 aromatic heterocycles. The Labute approximate surface area is 241 Å². The molecule has 0 aliphatic heterocycles. The molecule has 0 fully saturated rings. The number of rotatable bonds is 16. The Morgan fingerprint density at radius 1 is 0.605 bits per heavy atom. The molecule has 8 N–H and O–H groups in total. The van der Waals surface area contributed by atoms with Gasteiger partial charge in [0, 0.05) is 6.08 Å². The van der Waals surface area contributed by atoms with Gasteiger partial charge in [0.15, 0.2) is 35.9 Å². The number of ether oxygens (including phenoxy) is 6. The minimum atomic E-state index is -2.28. The van der Waals surface area contributed by atoms with Gasteiger partial charge < -0.3 is 69.3 Å². The maximum absolute atomic E-state index is 12.5. The van der Waals surface area contributed by atoms with Gasteiger partial charge in [-0.1, -0.05) is 0 Å². The van der Waals surface area contributed by atoms with Crippen molar-refractivity contribution in [2.75, 3.05) is 40.1 Å². The second kappa shape index (κ2) is 17.7. The Balaban J connectivity index is 4.37. The largest absolute Gasteiger partial charge is 0.490 e. The SMILES string of the molecule is CCOC(=O)C=Cc1c(OC(=O)C(O)CO)c(OC)c(OC(=O)C(O)CO)c(OC(=O)C(O)CO)c1OC(=O)C(O)CO. The summed E-state index contributed by atoms with van der Waals surface area (Å²) in [4.78, 5) is 62.0. The first kappa shape index (κ1) is 36.8. The van der Waals surface area contributed by atoms with Gasteiger partial charge in [0.1, 0.15) is 0 Å². The lowest BCUT2D eigenvalue weighted by Gasteiger charge is -2.23. The van der Waals surface area contributed by atoms with Crippen molar-refractivity contribution in [3.63, 3.8) is 0 Å². The topological polar surface area (TPSA) is 303 Å². The molecule has 43 heavy (non-hydrogen) atoms. The highest BCUT2D eigenvalue weighted by Gasteiger charge is 2.37. The fraction of sp³-hybridized carbons (Fsp3) is 0.458. The minimum absolute atomic E-state index is 0.133. The van der Waals surface area contributed by atoms with Gasteiger partial charge in [-0.3, -0.25) is 0 Å². The minimum Gasteiger partial charge on any atom is -0.490 e. The average molecular weight is 622 g/mol. The number of carbonyl (C=O) groups excluding carboxylic acids is 5. The van der Waals surface area contributed by atoms with E-state index >= 15 is 0 Å². The van der Waals surface area contributed by atoms with Gasteiger partial charge in [-0.15, -0.1) is 0 Å². The van der Waals surface area contributed by atoms with Gasteiger partial charge in [0.2, 0.25) is 17.2 Å². The van der Waals surface area contributed by atoms with Crippen LogP contribution in [0.25, 0.3) is 6.08 Å². The highest BCUT2D eigenvalue weighted by Crippen LogP contribution is 2.55. The maximum atomic E-state index is 12.5. The van der Waals surface area contributed by atoms with Crippen molar-refractivity contribution in [1.29, 1.82) is 0 Å². The van der Waals surface area contributed by atoms with E-state index in [0.29, 0.717) is 12.2 Å². The third-order valence-corrected chi connectivity index (χ3v) is 4.78. The molecule has 19 nitrogen and oxygen atoms in total. The Morgan fingerprint density at radius 2 is 0.930 bits per heavy atom. The fourth-order valence-corrected chi connectivity index (χ4v) is 2.70. The van der Waals surface area contributed by atoms with Gasteiger partial charge >= 0.3 is 29.8 Å². The molecule has 4 atom stereocenters. The summed E-state index contributed by atoms with van der Waals surface area (Å²) in [5.41, 5.74) is -0.786. The second-order valence-corrected chi connectivity index (χ2v) is 7.83. The molecule has 0 bridgehead atoms. The van der Waals surface area contributed by atoms with Gasteiger partial charge in [-0.2, -0.15) is 0 Å². The smallest absolute Gasteiger partial charge is 0.343 e. The first-order chi connectivity index (χ1) is 20.3. The van der Waals surface area contributed by atoms with Crippen LogP contribution >= 0.6 is 0 Å². The van der Waals surface area contributed by atoms with Crippen LogP contribution in [0.4, 0.5) is 0 Å². The Hall–Kier alpha value is -4.21. The molecular formula is C24H30O19. The zero-order chi connectivity index (χ0) is 32.9. The van der Waals surface area contributed by atoms with Crippen molar-refractivity contribution in [3.8, 4) is 28.7 Å². The molecule has 240 valence electrons. The molecule has 0 spiro atoms. The van der Waals surface area contributed by atoms with Crippen LogP contribution in [0.5, 0.6) is 28.7 Å². The third-order valence-electron chi connectivity index (χ3n) is 4.78. The lowest BCUT2D eigenvalue weighted by Crippen LogP contribution is -2.33. The zero-order valence-electron chi connectivity index (χ0n) is 22.6. The summed E-state index contributed by atoms with van der Waals surface area (Å²) in [6, 6.07) is 0. The Morgan fingerprint density at radius 3 is 1.26 bits per heavy atom. The molecule has 0 saturated carbocycles. The quantitative estimate of drug-likeness (QED) is 0.0488. The standard InChI is InChI=1S/C24H30O19/c1-3-39-15(33)5-4-10-16(40-21(34)11(29)6-25)18(38-2)20(43-24(37)14(32)9-28)19(42-23(36)13(31)8-27)17(10)41-22(35)12(30)7-26/h4-5,11-14,25-32H,3,6-9H2,1-2H3. The van der Waals surface area contributed by atoms with Crippen LogP contribution in [0.2, 0.25) is 0 Å². The molecule has 0 aliphatic carbocycles. The van der Waals surface area contributed by atoms with Crippen LogP contribution in [0.15, 0.2) is 6.08 Å². The highest BCUT2D eigenvalue weighted by molar-refractivity contribution is 5.94. The van der Waals surface area contributed by atoms with Crippen molar-refractivity contribution >= 4 is 35.9 Å². The summed E-state index contributed by atoms with van der Waals surface area (Å²) in [6.45, 7) is -3.54. The summed E-state index contributed by atoms with van der Waals surface area (Å²) < 4.78 is 29.8. The fourth-order valence-electron chi connectivity index (χ4n) is 2.70. The molecule has 0 aliphatic rings. The van der Waals surface area contributed by atoms with Gasteiger partial charge in [-0.05, 0) is 13.0 Å². The maximum Gasteiger partial charge on any atom is 0.343 e. The molecule has 1 rings (SSSR count). The lowest BCUT2D eigenvalue weighted by atomic mass is 10.1. The molecule has 1 aromatic rings. The number of hydrogen-bond donors (Lipinski definition) is 8. The van der Waals surface area contributed by atoms with E-state index in [4.69, 9.17) is 43.7 Å². The monoisotopic (exact) mass is 622 g/mol. The van der Waals surface area contributed by atoms with Gasteiger partial charge in [0.25, 0.3) is 0 Å². The summed E-state index contributed by atoms with van der Waals surface area (Å²) >= 11 is 0. The summed E-state index contributed by atoms with van der Waals surface area (Å²) in [6.07, 6.45) is -7.68. The lowest BCUT2D eigenvalue weighted by molar-refractivity contribution is -0.149. The van der Waals surface area contributed by atoms with Gasteiger partial charge in [-0.25, -0.2) is 24.0 Å². The number of aliphatic hydroxyl groups excluding tert-OH is 8. The Bertz CT molecular complexity index is 1190. The number of esters is 5. The summed E-state index contributed by atoms with van der Waals surface area (Å²) in [7, 11) is 0.850. The predicted molar refractivity (Wildman–Crippen MR) is 134 cm³/mol. The van der Waals surface area contributed by atoms with E-state index in [1.54, 1.807) is 0 Å². The normalized spacial score (nSPS) is 13.8. The first-order valence-electron chi connectivity index (χ1n) is 12.0. The van der Waals surface area contributed by atoms with Crippen molar-refractivity contribution in [3.05, 3.63) is 11.6 Å². The van der Waals surface area contributed by atoms with E-state index in [2.05, 4.69) is 0 Å². The third kappa shape index (κ3) is 9.94. The predicted octanol–water partition coefficient (Wildman–Crippen LogP) is -4.69. The molecule has 4 unspecified atom stereocenters.